The highest BCUT2D eigenvalue weighted by atomic mass is 31.2. The number of ether oxygens (including phenoxy) is 1. The van der Waals surface area contributed by atoms with Crippen LogP contribution in [0.4, 0.5) is 0 Å². The molecular formula is C9H17O5P. The second-order valence-electron chi connectivity index (χ2n) is 3.19. The third-order valence-electron chi connectivity index (χ3n) is 1.96. The number of hydrogen-bond donors (Lipinski definition) is 2. The summed E-state index contributed by atoms with van der Waals surface area (Å²) in [6.45, 7) is 5.08. The Kier molecular flexibility index (Phi) is 6.48. The Labute approximate surface area is 89.3 Å². The van der Waals surface area contributed by atoms with Crippen LogP contribution in [0.3, 0.4) is 0 Å². The van der Waals surface area contributed by atoms with Crippen molar-refractivity contribution < 1.29 is 23.9 Å². The van der Waals surface area contributed by atoms with Crippen molar-refractivity contribution in [3.05, 3.63) is 12.7 Å². The predicted octanol–water partition coefficient (Wildman–Crippen LogP) is 1.45. The molecule has 2 N–H and O–H groups in total. The van der Waals surface area contributed by atoms with Gasteiger partial charge in [-0.1, -0.05) is 19.9 Å². The van der Waals surface area contributed by atoms with Gasteiger partial charge in [0.05, 0.1) is 12.3 Å². The van der Waals surface area contributed by atoms with Gasteiger partial charge in [0, 0.05) is 6.08 Å². The summed E-state index contributed by atoms with van der Waals surface area (Å²) in [6, 6.07) is 0. The summed E-state index contributed by atoms with van der Waals surface area (Å²) >= 11 is 0. The Morgan fingerprint density at radius 3 is 2.53 bits per heavy atom. The Morgan fingerprint density at radius 1 is 1.53 bits per heavy atom. The normalized spacial score (nSPS) is 13.3. The van der Waals surface area contributed by atoms with E-state index in [0.717, 1.165) is 6.08 Å². The van der Waals surface area contributed by atoms with E-state index in [4.69, 9.17) is 9.79 Å². The van der Waals surface area contributed by atoms with Gasteiger partial charge in [-0.3, -0.25) is 4.57 Å². The molecule has 0 bridgehead atoms. The molecule has 0 radical (unpaired) electrons. The highest BCUT2D eigenvalue weighted by molar-refractivity contribution is 7.52. The molecule has 0 rings (SSSR count). The predicted molar refractivity (Wildman–Crippen MR) is 56.5 cm³/mol. The first kappa shape index (κ1) is 14.4. The topological polar surface area (TPSA) is 83.8 Å². The molecule has 0 aromatic heterocycles. The summed E-state index contributed by atoms with van der Waals surface area (Å²) in [4.78, 5) is 28.6. The van der Waals surface area contributed by atoms with E-state index in [1.54, 1.807) is 0 Å². The lowest BCUT2D eigenvalue weighted by Crippen LogP contribution is -2.13. The molecule has 0 aliphatic carbocycles. The minimum absolute atomic E-state index is 0.0145. The third kappa shape index (κ3) is 6.44. The van der Waals surface area contributed by atoms with Crippen molar-refractivity contribution in [2.24, 2.45) is 0 Å². The van der Waals surface area contributed by atoms with E-state index < -0.39 is 19.2 Å². The Hall–Kier alpha value is -0.640. The zero-order valence-corrected chi connectivity index (χ0v) is 9.65. The van der Waals surface area contributed by atoms with E-state index in [2.05, 4.69) is 11.3 Å². The molecule has 0 aromatic rings. The summed E-state index contributed by atoms with van der Waals surface area (Å²) in [6.07, 6.45) is 2.31. The minimum Gasteiger partial charge on any atom is -0.463 e. The SMILES string of the molecule is C=CC(=O)OCCC(CCC)P(=O)(O)O. The van der Waals surface area contributed by atoms with Crippen molar-refractivity contribution in [3.63, 3.8) is 0 Å². The van der Waals surface area contributed by atoms with Crippen molar-refractivity contribution in [3.8, 4) is 0 Å². The summed E-state index contributed by atoms with van der Waals surface area (Å²) in [7, 11) is -4.08. The monoisotopic (exact) mass is 236 g/mol. The van der Waals surface area contributed by atoms with E-state index in [1.807, 2.05) is 6.92 Å². The van der Waals surface area contributed by atoms with Crippen molar-refractivity contribution >= 4 is 13.6 Å². The molecule has 1 unspecified atom stereocenters. The maximum atomic E-state index is 11.0. The van der Waals surface area contributed by atoms with Gasteiger partial charge < -0.3 is 14.5 Å². The zero-order valence-electron chi connectivity index (χ0n) is 8.76. The Bertz CT molecular complexity index is 257. The van der Waals surface area contributed by atoms with Gasteiger partial charge in [-0.05, 0) is 12.8 Å². The molecular weight excluding hydrogens is 219 g/mol. The van der Waals surface area contributed by atoms with Gasteiger partial charge in [-0.25, -0.2) is 4.79 Å². The van der Waals surface area contributed by atoms with Gasteiger partial charge in [0.25, 0.3) is 0 Å². The van der Waals surface area contributed by atoms with E-state index in [9.17, 15) is 9.36 Å². The second kappa shape index (κ2) is 6.77. The fourth-order valence-corrected chi connectivity index (χ4v) is 2.20. The number of rotatable bonds is 7. The molecule has 0 amide bonds. The average Bonchev–Trinajstić information content (AvgIpc) is 2.14. The third-order valence-corrected chi connectivity index (χ3v) is 3.43. The van der Waals surface area contributed by atoms with Crippen LogP contribution in [0, 0.1) is 0 Å². The summed E-state index contributed by atoms with van der Waals surface area (Å²) in [5.74, 6) is -0.573. The summed E-state index contributed by atoms with van der Waals surface area (Å²) < 4.78 is 15.7. The molecule has 5 nitrogen and oxygen atoms in total. The van der Waals surface area contributed by atoms with E-state index in [1.165, 1.54) is 0 Å². The van der Waals surface area contributed by atoms with Crippen LogP contribution in [-0.4, -0.2) is 28.0 Å². The minimum atomic E-state index is -4.08. The van der Waals surface area contributed by atoms with Crippen molar-refractivity contribution in [1.29, 1.82) is 0 Å². The molecule has 1 atom stereocenters. The van der Waals surface area contributed by atoms with E-state index in [-0.39, 0.29) is 13.0 Å². The lowest BCUT2D eigenvalue weighted by Gasteiger charge is -2.17. The van der Waals surface area contributed by atoms with E-state index in [0.29, 0.717) is 12.8 Å². The fraction of sp³-hybridized carbons (Fsp3) is 0.667. The summed E-state index contributed by atoms with van der Waals surface area (Å²) in [5.41, 5.74) is -0.722. The molecule has 0 saturated heterocycles. The zero-order chi connectivity index (χ0) is 11.9. The molecule has 0 fully saturated rings. The fourth-order valence-electron chi connectivity index (χ4n) is 1.17. The standard InChI is InChI=1S/C9H17O5P/c1-3-5-8(15(11,12)13)6-7-14-9(10)4-2/h4,8H,2-3,5-7H2,1H3,(H2,11,12,13). The average molecular weight is 236 g/mol. The van der Waals surface area contributed by atoms with Crippen LogP contribution in [0.15, 0.2) is 12.7 Å². The Balaban J connectivity index is 4.03. The Morgan fingerprint density at radius 2 is 2.13 bits per heavy atom. The largest absolute Gasteiger partial charge is 0.463 e. The summed E-state index contributed by atoms with van der Waals surface area (Å²) in [5, 5.41) is 0. The maximum absolute atomic E-state index is 11.0. The van der Waals surface area contributed by atoms with Gasteiger partial charge in [0.2, 0.25) is 0 Å². The molecule has 6 heteroatoms. The lowest BCUT2D eigenvalue weighted by atomic mass is 10.2. The quantitative estimate of drug-likeness (QED) is 0.397. The molecule has 88 valence electrons. The molecule has 0 aliphatic rings. The molecule has 0 spiro atoms. The number of carbonyl (C=O) groups is 1. The van der Waals surface area contributed by atoms with Gasteiger partial charge in [0.15, 0.2) is 0 Å². The van der Waals surface area contributed by atoms with Crippen molar-refractivity contribution in [2.75, 3.05) is 6.61 Å². The molecule has 0 heterocycles. The molecule has 0 aliphatic heterocycles. The lowest BCUT2D eigenvalue weighted by molar-refractivity contribution is -0.137. The van der Waals surface area contributed by atoms with Gasteiger partial charge in [0.1, 0.15) is 0 Å². The highest BCUT2D eigenvalue weighted by Crippen LogP contribution is 2.45. The highest BCUT2D eigenvalue weighted by Gasteiger charge is 2.27. The first-order valence-electron chi connectivity index (χ1n) is 4.76. The smallest absolute Gasteiger partial charge is 0.330 e. The van der Waals surface area contributed by atoms with Gasteiger partial charge >= 0.3 is 13.6 Å². The van der Waals surface area contributed by atoms with Crippen LogP contribution in [0.2, 0.25) is 0 Å². The number of hydrogen-bond acceptors (Lipinski definition) is 3. The first-order valence-corrected chi connectivity index (χ1v) is 6.44. The van der Waals surface area contributed by atoms with Crippen LogP contribution in [0.1, 0.15) is 26.2 Å². The van der Waals surface area contributed by atoms with Crippen molar-refractivity contribution in [2.45, 2.75) is 31.8 Å². The van der Waals surface area contributed by atoms with E-state index >= 15 is 0 Å². The second-order valence-corrected chi connectivity index (χ2v) is 5.10. The molecule has 15 heavy (non-hydrogen) atoms. The number of esters is 1. The van der Waals surface area contributed by atoms with Gasteiger partial charge in [-0.15, -0.1) is 0 Å². The van der Waals surface area contributed by atoms with Crippen LogP contribution >= 0.6 is 7.60 Å². The molecule has 0 aromatic carbocycles. The van der Waals surface area contributed by atoms with Crippen molar-refractivity contribution in [1.82, 2.24) is 0 Å². The maximum Gasteiger partial charge on any atom is 0.330 e. The number of carbonyl (C=O) groups excluding carboxylic acids is 1. The van der Waals surface area contributed by atoms with Gasteiger partial charge in [-0.2, -0.15) is 0 Å². The first-order chi connectivity index (χ1) is 6.91. The van der Waals surface area contributed by atoms with Crippen LogP contribution < -0.4 is 0 Å². The van der Waals surface area contributed by atoms with Crippen LogP contribution in [-0.2, 0) is 14.1 Å². The van der Waals surface area contributed by atoms with Crippen LogP contribution in [0.25, 0.3) is 0 Å². The van der Waals surface area contributed by atoms with Crippen LogP contribution in [0.5, 0.6) is 0 Å². The molecule has 0 saturated carbocycles.